The highest BCUT2D eigenvalue weighted by Crippen LogP contribution is 2.31. The first-order valence-electron chi connectivity index (χ1n) is 7.82. The molecule has 0 radical (unpaired) electrons. The van der Waals surface area contributed by atoms with Gasteiger partial charge >= 0.3 is 0 Å². The Hall–Kier alpha value is -1.91. The van der Waals surface area contributed by atoms with E-state index in [4.69, 9.17) is 5.26 Å². The molecular formula is C16H19N3O3S. The van der Waals surface area contributed by atoms with Crippen molar-refractivity contribution in [1.29, 1.82) is 5.26 Å². The molecule has 1 saturated carbocycles. The maximum absolute atomic E-state index is 12.8. The molecule has 2 fully saturated rings. The van der Waals surface area contributed by atoms with Crippen LogP contribution >= 0.6 is 0 Å². The van der Waals surface area contributed by atoms with Crippen LogP contribution in [0.4, 0.5) is 0 Å². The van der Waals surface area contributed by atoms with Crippen molar-refractivity contribution in [3.63, 3.8) is 0 Å². The van der Waals surface area contributed by atoms with Crippen LogP contribution in [-0.2, 0) is 14.8 Å². The second-order valence-corrected chi connectivity index (χ2v) is 7.87. The minimum absolute atomic E-state index is 0.0458. The molecule has 2 aliphatic rings. The standard InChI is InChI=1S/C16H19N3O3S/c17-12-14-4-1-2-5-15(14)23(21,22)19-9-3-8-18(10-11-19)16(20)13-6-7-13/h1-2,4-5,13H,3,6-11H2. The summed E-state index contributed by atoms with van der Waals surface area (Å²) in [7, 11) is -3.71. The van der Waals surface area contributed by atoms with Crippen LogP contribution in [0, 0.1) is 17.2 Å². The summed E-state index contributed by atoms with van der Waals surface area (Å²) in [6, 6.07) is 8.18. The molecule has 0 unspecified atom stereocenters. The molecule has 1 aromatic rings. The quantitative estimate of drug-likeness (QED) is 0.832. The molecule has 1 aliphatic carbocycles. The largest absolute Gasteiger partial charge is 0.341 e. The molecule has 0 bridgehead atoms. The number of hydrogen-bond acceptors (Lipinski definition) is 4. The number of carbonyl (C=O) groups excluding carboxylic acids is 1. The summed E-state index contributed by atoms with van der Waals surface area (Å²) in [5.74, 6) is 0.305. The third kappa shape index (κ3) is 3.23. The minimum Gasteiger partial charge on any atom is -0.341 e. The zero-order valence-corrected chi connectivity index (χ0v) is 13.6. The van der Waals surface area contributed by atoms with Crippen molar-refractivity contribution in [1.82, 2.24) is 9.21 Å². The number of nitrogens with zero attached hydrogens (tertiary/aromatic N) is 3. The van der Waals surface area contributed by atoms with Gasteiger partial charge in [-0.3, -0.25) is 4.79 Å². The van der Waals surface area contributed by atoms with Gasteiger partial charge in [0.15, 0.2) is 0 Å². The topological polar surface area (TPSA) is 81.5 Å². The van der Waals surface area contributed by atoms with E-state index in [1.54, 1.807) is 17.0 Å². The van der Waals surface area contributed by atoms with Gasteiger partial charge in [-0.2, -0.15) is 9.57 Å². The maximum Gasteiger partial charge on any atom is 0.244 e. The van der Waals surface area contributed by atoms with Gasteiger partial charge in [-0.15, -0.1) is 0 Å². The van der Waals surface area contributed by atoms with Crippen molar-refractivity contribution in [3.8, 4) is 6.07 Å². The van der Waals surface area contributed by atoms with Gasteiger partial charge < -0.3 is 4.90 Å². The second-order valence-electron chi connectivity index (χ2n) is 5.97. The molecule has 7 heteroatoms. The average molecular weight is 333 g/mol. The first-order chi connectivity index (χ1) is 11.0. The number of carbonyl (C=O) groups is 1. The van der Waals surface area contributed by atoms with Crippen molar-refractivity contribution in [2.24, 2.45) is 5.92 Å². The fourth-order valence-corrected chi connectivity index (χ4v) is 4.48. The van der Waals surface area contributed by atoms with E-state index in [9.17, 15) is 13.2 Å². The van der Waals surface area contributed by atoms with E-state index in [0.717, 1.165) is 12.8 Å². The Balaban J connectivity index is 1.78. The van der Waals surface area contributed by atoms with E-state index in [1.807, 2.05) is 6.07 Å². The Morgan fingerprint density at radius 1 is 1.13 bits per heavy atom. The summed E-state index contributed by atoms with van der Waals surface area (Å²) in [5.41, 5.74) is 0.155. The van der Waals surface area contributed by atoms with Crippen molar-refractivity contribution in [2.75, 3.05) is 26.2 Å². The van der Waals surface area contributed by atoms with E-state index in [2.05, 4.69) is 0 Å². The second kappa shape index (κ2) is 6.30. The molecule has 1 saturated heterocycles. The molecule has 0 spiro atoms. The summed E-state index contributed by atoms with van der Waals surface area (Å²) >= 11 is 0. The maximum atomic E-state index is 12.8. The Morgan fingerprint density at radius 2 is 1.87 bits per heavy atom. The number of sulfonamides is 1. The number of amides is 1. The smallest absolute Gasteiger partial charge is 0.244 e. The van der Waals surface area contributed by atoms with Crippen LogP contribution in [0.25, 0.3) is 0 Å². The predicted molar refractivity (Wildman–Crippen MR) is 83.8 cm³/mol. The highest BCUT2D eigenvalue weighted by molar-refractivity contribution is 7.89. The highest BCUT2D eigenvalue weighted by Gasteiger charge is 2.35. The van der Waals surface area contributed by atoms with Crippen LogP contribution in [0.1, 0.15) is 24.8 Å². The molecule has 1 aromatic carbocycles. The lowest BCUT2D eigenvalue weighted by atomic mass is 10.2. The molecule has 1 heterocycles. The van der Waals surface area contributed by atoms with Crippen molar-refractivity contribution in [2.45, 2.75) is 24.2 Å². The molecule has 1 amide bonds. The van der Waals surface area contributed by atoms with Gasteiger partial charge in [0, 0.05) is 32.1 Å². The first-order valence-corrected chi connectivity index (χ1v) is 9.26. The third-order valence-corrected chi connectivity index (χ3v) is 6.28. The van der Waals surface area contributed by atoms with Gasteiger partial charge in [-0.25, -0.2) is 8.42 Å². The lowest BCUT2D eigenvalue weighted by Gasteiger charge is -2.22. The van der Waals surface area contributed by atoms with Crippen molar-refractivity contribution < 1.29 is 13.2 Å². The van der Waals surface area contributed by atoms with Crippen LogP contribution < -0.4 is 0 Å². The van der Waals surface area contributed by atoms with Crippen LogP contribution in [0.2, 0.25) is 0 Å². The predicted octanol–water partition coefficient (Wildman–Crippen LogP) is 1.19. The van der Waals surface area contributed by atoms with Crippen molar-refractivity contribution >= 4 is 15.9 Å². The van der Waals surface area contributed by atoms with Crippen LogP contribution in [0.15, 0.2) is 29.2 Å². The Kier molecular flexibility index (Phi) is 4.37. The Labute approximate surface area is 136 Å². The van der Waals surface area contributed by atoms with E-state index in [1.165, 1.54) is 16.4 Å². The summed E-state index contributed by atoms with van der Waals surface area (Å²) in [6.45, 7) is 1.67. The Bertz CT molecular complexity index is 750. The normalized spacial score (nSPS) is 19.9. The summed E-state index contributed by atoms with van der Waals surface area (Å²) in [6.07, 6.45) is 2.52. The number of hydrogen-bond donors (Lipinski definition) is 0. The molecule has 122 valence electrons. The molecule has 3 rings (SSSR count). The SMILES string of the molecule is N#Cc1ccccc1S(=O)(=O)N1CCCN(C(=O)C2CC2)CC1. The summed E-state index contributed by atoms with van der Waals surface area (Å²) in [4.78, 5) is 14.0. The van der Waals surface area contributed by atoms with Gasteiger partial charge in [0.1, 0.15) is 6.07 Å². The number of benzene rings is 1. The van der Waals surface area contributed by atoms with Crippen molar-refractivity contribution in [3.05, 3.63) is 29.8 Å². The van der Waals surface area contributed by atoms with E-state index >= 15 is 0 Å². The minimum atomic E-state index is -3.71. The molecule has 0 N–H and O–H groups in total. The van der Waals surface area contributed by atoms with E-state index in [-0.39, 0.29) is 28.8 Å². The molecule has 0 aromatic heterocycles. The summed E-state index contributed by atoms with van der Waals surface area (Å²) in [5, 5.41) is 9.13. The fraction of sp³-hybridized carbons (Fsp3) is 0.500. The number of rotatable bonds is 3. The zero-order valence-electron chi connectivity index (χ0n) is 12.8. The Morgan fingerprint density at radius 3 is 2.57 bits per heavy atom. The first kappa shape index (κ1) is 16.0. The molecule has 1 aliphatic heterocycles. The van der Waals surface area contributed by atoms with Gasteiger partial charge in [0.2, 0.25) is 15.9 Å². The van der Waals surface area contributed by atoms with Crippen LogP contribution in [0.3, 0.4) is 0 Å². The lowest BCUT2D eigenvalue weighted by molar-refractivity contribution is -0.132. The molecular weight excluding hydrogens is 314 g/mol. The third-order valence-electron chi connectivity index (χ3n) is 4.32. The van der Waals surface area contributed by atoms with Gasteiger partial charge in [-0.05, 0) is 31.4 Å². The van der Waals surface area contributed by atoms with Crippen LogP contribution in [-0.4, -0.2) is 49.7 Å². The van der Waals surface area contributed by atoms with E-state index < -0.39 is 10.0 Å². The van der Waals surface area contributed by atoms with E-state index in [0.29, 0.717) is 26.1 Å². The zero-order chi connectivity index (χ0) is 16.4. The fourth-order valence-electron chi connectivity index (χ4n) is 2.87. The average Bonchev–Trinajstić information content (AvgIpc) is 3.40. The van der Waals surface area contributed by atoms with Gasteiger partial charge in [0.05, 0.1) is 10.5 Å². The highest BCUT2D eigenvalue weighted by atomic mass is 32.2. The molecule has 23 heavy (non-hydrogen) atoms. The monoisotopic (exact) mass is 333 g/mol. The molecule has 6 nitrogen and oxygen atoms in total. The molecule has 0 atom stereocenters. The number of nitriles is 1. The van der Waals surface area contributed by atoms with Gasteiger partial charge in [0.25, 0.3) is 0 Å². The lowest BCUT2D eigenvalue weighted by Crippen LogP contribution is -2.38. The van der Waals surface area contributed by atoms with Gasteiger partial charge in [-0.1, -0.05) is 12.1 Å². The summed E-state index contributed by atoms with van der Waals surface area (Å²) < 4.78 is 27.0. The van der Waals surface area contributed by atoms with Crippen LogP contribution in [0.5, 0.6) is 0 Å².